The molecule has 0 saturated carbocycles. The van der Waals surface area contributed by atoms with Gasteiger partial charge in [0.05, 0.1) is 0 Å². The van der Waals surface area contributed by atoms with Gasteiger partial charge in [0.25, 0.3) is 0 Å². The van der Waals surface area contributed by atoms with E-state index in [1.807, 2.05) is 0 Å². The van der Waals surface area contributed by atoms with Crippen molar-refractivity contribution in [1.82, 2.24) is 4.90 Å². The van der Waals surface area contributed by atoms with Crippen LogP contribution < -0.4 is 0 Å². The van der Waals surface area contributed by atoms with Crippen LogP contribution in [0.2, 0.25) is 0 Å². The fourth-order valence-corrected chi connectivity index (χ4v) is 3.82. The molecule has 0 radical (unpaired) electrons. The van der Waals surface area contributed by atoms with E-state index in [1.54, 1.807) is 0 Å². The molecule has 2 aliphatic heterocycles. The van der Waals surface area contributed by atoms with E-state index in [4.69, 9.17) is 5.11 Å². The third-order valence-corrected chi connectivity index (χ3v) is 4.74. The molecular formula is C11H21NOS. The summed E-state index contributed by atoms with van der Waals surface area (Å²) in [6, 6.07) is 0. The number of rotatable bonds is 3. The lowest BCUT2D eigenvalue weighted by molar-refractivity contribution is 0.221. The molecule has 2 rings (SSSR count). The lowest BCUT2D eigenvalue weighted by Gasteiger charge is -2.26. The molecule has 0 bridgehead atoms. The van der Waals surface area contributed by atoms with E-state index in [9.17, 15) is 0 Å². The number of thioether (sulfide) groups is 1. The van der Waals surface area contributed by atoms with Gasteiger partial charge in [-0.1, -0.05) is 6.42 Å². The number of hydrogen-bond donors (Lipinski definition) is 1. The summed E-state index contributed by atoms with van der Waals surface area (Å²) < 4.78 is 0. The van der Waals surface area contributed by atoms with Crippen LogP contribution in [0, 0.1) is 5.92 Å². The third-order valence-electron chi connectivity index (χ3n) is 3.36. The molecule has 2 heterocycles. The summed E-state index contributed by atoms with van der Waals surface area (Å²) in [5.74, 6) is 1.92. The van der Waals surface area contributed by atoms with Gasteiger partial charge in [0.2, 0.25) is 0 Å². The molecule has 1 N–H and O–H groups in total. The zero-order valence-electron chi connectivity index (χ0n) is 8.82. The molecule has 14 heavy (non-hydrogen) atoms. The molecule has 2 saturated heterocycles. The highest BCUT2D eigenvalue weighted by molar-refractivity contribution is 7.99. The summed E-state index contributed by atoms with van der Waals surface area (Å²) in [5, 5.41) is 9.93. The number of aliphatic hydroxyl groups is 1. The van der Waals surface area contributed by atoms with Gasteiger partial charge in [-0.05, 0) is 37.5 Å². The summed E-state index contributed by atoms with van der Waals surface area (Å²) >= 11 is 2.15. The van der Waals surface area contributed by atoms with Gasteiger partial charge in [0.15, 0.2) is 0 Å². The van der Waals surface area contributed by atoms with Gasteiger partial charge < -0.3 is 10.0 Å². The lowest BCUT2D eigenvalue weighted by Crippen LogP contribution is -2.30. The van der Waals surface area contributed by atoms with Crippen molar-refractivity contribution in [2.75, 3.05) is 32.0 Å². The van der Waals surface area contributed by atoms with E-state index < -0.39 is 0 Å². The van der Waals surface area contributed by atoms with E-state index in [1.165, 1.54) is 44.5 Å². The quantitative estimate of drug-likeness (QED) is 0.773. The molecule has 3 heteroatoms. The van der Waals surface area contributed by atoms with Crippen molar-refractivity contribution in [3.8, 4) is 0 Å². The van der Waals surface area contributed by atoms with Crippen LogP contribution in [-0.4, -0.2) is 47.3 Å². The first-order chi connectivity index (χ1) is 6.88. The van der Waals surface area contributed by atoms with Gasteiger partial charge in [-0.3, -0.25) is 0 Å². The topological polar surface area (TPSA) is 23.5 Å². The summed E-state index contributed by atoms with van der Waals surface area (Å²) in [6.45, 7) is 3.99. The molecule has 2 nitrogen and oxygen atoms in total. The summed E-state index contributed by atoms with van der Waals surface area (Å²) in [4.78, 5) is 2.55. The normalized spacial score (nSPS) is 34.9. The van der Waals surface area contributed by atoms with Crippen molar-refractivity contribution in [3.05, 3.63) is 0 Å². The van der Waals surface area contributed by atoms with Crippen LogP contribution in [0.4, 0.5) is 0 Å². The van der Waals surface area contributed by atoms with Gasteiger partial charge in [-0.2, -0.15) is 11.8 Å². The van der Waals surface area contributed by atoms with E-state index in [2.05, 4.69) is 16.7 Å². The Balaban J connectivity index is 1.69. The number of aliphatic hydroxyl groups excluding tert-OH is 1. The predicted molar refractivity (Wildman–Crippen MR) is 61.7 cm³/mol. The molecule has 0 amide bonds. The smallest absolute Gasteiger partial charge is 0.0471 e. The Morgan fingerprint density at radius 2 is 2.21 bits per heavy atom. The average molecular weight is 215 g/mol. The Labute approximate surface area is 91.1 Å². The largest absolute Gasteiger partial charge is 0.396 e. The first-order valence-corrected chi connectivity index (χ1v) is 6.88. The summed E-state index contributed by atoms with van der Waals surface area (Å²) in [6.07, 6.45) is 5.45. The first-order valence-electron chi connectivity index (χ1n) is 5.83. The van der Waals surface area contributed by atoms with Crippen molar-refractivity contribution >= 4 is 11.8 Å². The van der Waals surface area contributed by atoms with Gasteiger partial charge in [-0.25, -0.2) is 0 Å². The highest BCUT2D eigenvalue weighted by atomic mass is 32.2. The molecule has 0 spiro atoms. The Kier molecular flexibility index (Phi) is 4.14. The number of hydrogen-bond acceptors (Lipinski definition) is 3. The predicted octanol–water partition coefficient (Wildman–Crippen LogP) is 1.59. The SMILES string of the molecule is OCC1CCN(CC2CCCCS2)C1. The van der Waals surface area contributed by atoms with Crippen molar-refractivity contribution in [2.24, 2.45) is 5.92 Å². The lowest BCUT2D eigenvalue weighted by atomic mass is 10.1. The minimum atomic E-state index is 0.383. The second kappa shape index (κ2) is 5.38. The second-order valence-electron chi connectivity index (χ2n) is 4.59. The minimum absolute atomic E-state index is 0.383. The molecule has 2 atom stereocenters. The minimum Gasteiger partial charge on any atom is -0.396 e. The molecule has 0 aromatic heterocycles. The summed E-state index contributed by atoms with van der Waals surface area (Å²) in [7, 11) is 0. The molecule has 2 unspecified atom stereocenters. The van der Waals surface area contributed by atoms with Gasteiger partial charge in [0, 0.05) is 24.9 Å². The molecule has 0 aromatic rings. The Hall–Kier alpha value is 0.270. The molecule has 0 aromatic carbocycles. The van der Waals surface area contributed by atoms with E-state index in [0.29, 0.717) is 12.5 Å². The Bertz CT molecular complexity index is 171. The summed E-state index contributed by atoms with van der Waals surface area (Å²) in [5.41, 5.74) is 0. The average Bonchev–Trinajstić information content (AvgIpc) is 2.67. The van der Waals surface area contributed by atoms with Crippen LogP contribution in [0.3, 0.4) is 0 Å². The maximum atomic E-state index is 9.06. The molecule has 2 aliphatic rings. The third kappa shape index (κ3) is 2.88. The molecule has 82 valence electrons. The van der Waals surface area contributed by atoms with Crippen LogP contribution in [0.1, 0.15) is 25.7 Å². The van der Waals surface area contributed by atoms with Crippen LogP contribution in [0.15, 0.2) is 0 Å². The van der Waals surface area contributed by atoms with Crippen molar-refractivity contribution in [2.45, 2.75) is 30.9 Å². The van der Waals surface area contributed by atoms with Gasteiger partial charge >= 0.3 is 0 Å². The number of likely N-dealkylation sites (tertiary alicyclic amines) is 1. The first kappa shape index (κ1) is 10.8. The van der Waals surface area contributed by atoms with E-state index in [0.717, 1.165) is 11.8 Å². The van der Waals surface area contributed by atoms with Crippen LogP contribution in [0.5, 0.6) is 0 Å². The van der Waals surface area contributed by atoms with Crippen molar-refractivity contribution in [3.63, 3.8) is 0 Å². The highest BCUT2D eigenvalue weighted by Gasteiger charge is 2.24. The maximum absolute atomic E-state index is 9.06. The van der Waals surface area contributed by atoms with E-state index in [-0.39, 0.29) is 0 Å². The fraction of sp³-hybridized carbons (Fsp3) is 1.00. The second-order valence-corrected chi connectivity index (χ2v) is 5.99. The fourth-order valence-electron chi connectivity index (χ4n) is 2.47. The standard InChI is InChI=1S/C11H21NOS/c13-9-10-4-5-12(7-10)8-11-3-1-2-6-14-11/h10-11,13H,1-9H2. The van der Waals surface area contributed by atoms with Crippen LogP contribution >= 0.6 is 11.8 Å². The van der Waals surface area contributed by atoms with E-state index >= 15 is 0 Å². The van der Waals surface area contributed by atoms with Crippen molar-refractivity contribution in [1.29, 1.82) is 0 Å². The Morgan fingerprint density at radius 1 is 1.29 bits per heavy atom. The molecule has 2 fully saturated rings. The molecule has 0 aliphatic carbocycles. The van der Waals surface area contributed by atoms with Crippen molar-refractivity contribution < 1.29 is 5.11 Å². The highest BCUT2D eigenvalue weighted by Crippen LogP contribution is 2.27. The number of nitrogens with zero attached hydrogens (tertiary/aromatic N) is 1. The van der Waals surface area contributed by atoms with Gasteiger partial charge in [-0.15, -0.1) is 0 Å². The maximum Gasteiger partial charge on any atom is 0.0471 e. The zero-order chi connectivity index (χ0) is 9.80. The zero-order valence-corrected chi connectivity index (χ0v) is 9.64. The molecular weight excluding hydrogens is 194 g/mol. The van der Waals surface area contributed by atoms with Crippen LogP contribution in [0.25, 0.3) is 0 Å². The van der Waals surface area contributed by atoms with Crippen LogP contribution in [-0.2, 0) is 0 Å². The monoisotopic (exact) mass is 215 g/mol. The van der Waals surface area contributed by atoms with Gasteiger partial charge in [0.1, 0.15) is 0 Å². The Morgan fingerprint density at radius 3 is 2.86 bits per heavy atom.